The molecule has 0 amide bonds. The van der Waals surface area contributed by atoms with Crippen LogP contribution in [0.5, 0.6) is 0 Å². The Morgan fingerprint density at radius 3 is 0.620 bits per heavy atom. The van der Waals surface area contributed by atoms with Crippen LogP contribution in [0.1, 0.15) is 240 Å². The molecule has 0 unspecified atom stereocenters. The van der Waals surface area contributed by atoms with E-state index < -0.39 is 5.79 Å². The number of ether oxygens (including phenoxy) is 4. The van der Waals surface area contributed by atoms with Crippen molar-refractivity contribution in [2.75, 3.05) is 35.0 Å². The summed E-state index contributed by atoms with van der Waals surface area (Å²) in [6.07, 6.45) is 3.57. The Bertz CT molecular complexity index is 1060. The summed E-state index contributed by atoms with van der Waals surface area (Å²) >= 11 is 0. The van der Waals surface area contributed by atoms with Gasteiger partial charge in [0.15, 0.2) is 5.79 Å². The van der Waals surface area contributed by atoms with E-state index >= 15 is 0 Å². The van der Waals surface area contributed by atoms with Crippen LogP contribution in [-0.4, -0.2) is 46.8 Å². The zero-order valence-electron chi connectivity index (χ0n) is 47.5. The molecule has 422 valence electrons. The molecule has 0 N–H and O–H groups in total. The molecule has 0 aliphatic heterocycles. The maximum absolute atomic E-state index is 10.1. The van der Waals surface area contributed by atoms with Crippen LogP contribution in [0.25, 0.3) is 0 Å². The smallest absolute Gasteiger partial charge is 0.331 e. The summed E-state index contributed by atoms with van der Waals surface area (Å²) in [4.78, 5) is 10.1. The van der Waals surface area contributed by atoms with Crippen molar-refractivity contribution in [2.24, 2.45) is 0 Å². The zero-order chi connectivity index (χ0) is 48.6. The maximum Gasteiger partial charge on any atom is 0.331 e. The van der Waals surface area contributed by atoms with Crippen LogP contribution in [0.4, 0.5) is 0 Å². The number of methoxy groups -OCH3 is 4. The number of carbonyl (C=O) groups is 1. The first-order valence-corrected chi connectivity index (χ1v) is 22.8. The molecule has 0 fully saturated rings. The molecule has 0 heterocycles. The third kappa shape index (κ3) is 87.4. The maximum atomic E-state index is 10.1. The van der Waals surface area contributed by atoms with Crippen LogP contribution in [-0.2, 0) is 40.0 Å². The minimum absolute atomic E-state index is 0. The molecule has 0 aliphatic rings. The van der Waals surface area contributed by atoms with E-state index in [0.717, 1.165) is 0 Å². The Balaban J connectivity index is -0.0000000234. The van der Waals surface area contributed by atoms with Gasteiger partial charge in [0.2, 0.25) is 0 Å². The number of hydrogen-bond donors (Lipinski definition) is 0. The monoisotopic (exact) mass is 2360 g/mol. The van der Waals surface area contributed by atoms with Gasteiger partial charge in [0.05, 0.1) is 7.11 Å². The van der Waals surface area contributed by atoms with E-state index in [1.54, 1.807) is 14.2 Å². The molecule has 0 saturated carbocycles. The SMILES string of the molecule is C.C.C.C.C.C.CC.CC.CC.CC.CC.CC.CCC(C)(C)c1ccccc1.CCC(C)(C)c1ccccc1.CCC(C)(C)c1ccccc1.COC(C)(C)OC.COCC(=O)OC.[U].[U].[U].[U].[U].[U]. The van der Waals surface area contributed by atoms with Crippen LogP contribution < -0.4 is 0 Å². The van der Waals surface area contributed by atoms with Gasteiger partial charge in [-0.2, -0.15) is 0 Å². The third-order valence-electron chi connectivity index (χ3n) is 8.79. The molecule has 11 heteroatoms. The average Bonchev–Trinajstić information content (AvgIpc) is 3.32. The summed E-state index contributed by atoms with van der Waals surface area (Å²) in [5, 5.41) is 0. The molecule has 3 rings (SSSR count). The minimum Gasteiger partial charge on any atom is -0.467 e. The molecule has 3 aromatic carbocycles. The Morgan fingerprint density at radius 1 is 0.366 bits per heavy atom. The molecular formula is C60H128O5U6. The first-order chi connectivity index (χ1) is 27.9. The van der Waals surface area contributed by atoms with Gasteiger partial charge >= 0.3 is 5.97 Å². The molecule has 0 spiro atoms. The Labute approximate surface area is 595 Å². The zero-order valence-corrected chi connectivity index (χ0v) is 72.5. The molecular weight excluding hydrogens is 2230 g/mol. The predicted octanol–water partition coefficient (Wildman–Crippen LogP) is 20.9. The molecule has 5 nitrogen and oxygen atoms in total. The fraction of sp³-hybridized carbons (Fsp3) is 0.683. The van der Waals surface area contributed by atoms with Crippen molar-refractivity contribution < 1.29 is 210 Å². The van der Waals surface area contributed by atoms with Gasteiger partial charge in [-0.25, -0.2) is 4.79 Å². The van der Waals surface area contributed by atoms with Gasteiger partial charge in [0.25, 0.3) is 0 Å². The van der Waals surface area contributed by atoms with E-state index in [-0.39, 0.29) is 244 Å². The standard InChI is InChI=1S/3C11H16.C5H12O2.C4H8O3.6C2H6.6CH4.6U/c3*1-4-11(2,3)10-8-6-5-7-9-10;1-5(2,6-3)7-4;1-6-3-4(5)7-2;6*1-2;;;;;;;;;;;;/h3*5-9H,4H2,1-3H3;1-4H3;3H2,1-2H3;6*1-2H3;6*1H4;;;;;;. The molecule has 0 saturated heterocycles. The first kappa shape index (κ1) is 135. The third-order valence-corrected chi connectivity index (χ3v) is 8.79. The van der Waals surface area contributed by atoms with Crippen LogP contribution in [0.2, 0.25) is 0 Å². The van der Waals surface area contributed by atoms with Gasteiger partial charge in [-0.1, -0.05) is 281 Å². The van der Waals surface area contributed by atoms with Crippen molar-refractivity contribution in [3.8, 4) is 0 Å². The fourth-order valence-electron chi connectivity index (χ4n) is 3.54. The van der Waals surface area contributed by atoms with Gasteiger partial charge in [-0.15, -0.1) is 0 Å². The number of hydrogen-bond acceptors (Lipinski definition) is 5. The number of esters is 1. The fourth-order valence-corrected chi connectivity index (χ4v) is 3.54. The summed E-state index contributed by atoms with van der Waals surface area (Å²) in [7, 11) is 5.99. The molecule has 0 aliphatic carbocycles. The topological polar surface area (TPSA) is 54.0 Å². The van der Waals surface area contributed by atoms with Gasteiger partial charge < -0.3 is 18.9 Å². The molecule has 0 atom stereocenters. The van der Waals surface area contributed by atoms with E-state index in [4.69, 9.17) is 9.47 Å². The van der Waals surface area contributed by atoms with Crippen LogP contribution in [0.15, 0.2) is 91.0 Å². The van der Waals surface area contributed by atoms with E-state index in [1.165, 1.54) is 50.2 Å². The molecule has 0 aromatic heterocycles. The molecule has 3 aromatic rings. The van der Waals surface area contributed by atoms with Crippen molar-refractivity contribution in [2.45, 2.75) is 245 Å². The van der Waals surface area contributed by atoms with E-state index in [9.17, 15) is 4.79 Å². The Kier molecular flexibility index (Phi) is 188. The molecule has 0 radical (unpaired) electrons. The Hall–Kier alpha value is 3.32. The second-order valence-corrected chi connectivity index (χ2v) is 13.6. The summed E-state index contributed by atoms with van der Waals surface area (Å²) in [6.45, 7) is 48.1. The van der Waals surface area contributed by atoms with Crippen molar-refractivity contribution in [1.29, 1.82) is 0 Å². The van der Waals surface area contributed by atoms with Crippen molar-refractivity contribution in [3.63, 3.8) is 0 Å². The van der Waals surface area contributed by atoms with Crippen molar-refractivity contribution in [3.05, 3.63) is 108 Å². The Morgan fingerprint density at radius 2 is 0.535 bits per heavy atom. The quantitative estimate of drug-likeness (QED) is 0.150. The van der Waals surface area contributed by atoms with Crippen molar-refractivity contribution in [1.82, 2.24) is 0 Å². The van der Waals surface area contributed by atoms with E-state index in [1.807, 2.05) is 96.9 Å². The normalized spacial score (nSPS) is 7.87. The largest absolute Gasteiger partial charge is 0.467 e. The average molecular weight is 2360 g/mol. The van der Waals surface area contributed by atoms with Gasteiger partial charge in [-0.05, 0) is 66.0 Å². The number of rotatable bonds is 10. The van der Waals surface area contributed by atoms with Crippen LogP contribution in [0, 0.1) is 187 Å². The predicted molar refractivity (Wildman–Crippen MR) is 310 cm³/mol. The van der Waals surface area contributed by atoms with E-state index in [2.05, 4.69) is 163 Å². The van der Waals surface area contributed by atoms with Gasteiger partial charge in [0.1, 0.15) is 6.61 Å². The summed E-state index contributed by atoms with van der Waals surface area (Å²) in [6, 6.07) is 32.0. The molecule has 71 heavy (non-hydrogen) atoms. The van der Waals surface area contributed by atoms with Gasteiger partial charge in [0, 0.05) is 208 Å². The first-order valence-electron chi connectivity index (χ1n) is 22.8. The molecule has 0 bridgehead atoms. The number of benzene rings is 3. The van der Waals surface area contributed by atoms with Crippen molar-refractivity contribution >= 4 is 5.97 Å². The van der Waals surface area contributed by atoms with Gasteiger partial charge in [-0.3, -0.25) is 0 Å². The second kappa shape index (κ2) is 98.7. The second-order valence-electron chi connectivity index (χ2n) is 13.6. The summed E-state index contributed by atoms with van der Waals surface area (Å²) in [5.41, 5.74) is 5.30. The van der Waals surface area contributed by atoms with E-state index in [0.29, 0.717) is 16.2 Å². The number of carbonyl (C=O) groups excluding carboxylic acids is 1. The minimum atomic E-state index is -0.417. The van der Waals surface area contributed by atoms with Crippen LogP contribution >= 0.6 is 0 Å². The van der Waals surface area contributed by atoms with Crippen LogP contribution in [0.3, 0.4) is 0 Å². The summed E-state index contributed by atoms with van der Waals surface area (Å²) < 4.78 is 18.4. The summed E-state index contributed by atoms with van der Waals surface area (Å²) in [5.74, 6) is -0.762.